The van der Waals surface area contributed by atoms with Gasteiger partial charge in [-0.25, -0.2) is 0 Å². The topological polar surface area (TPSA) is 93.5 Å². The van der Waals surface area contributed by atoms with Crippen molar-refractivity contribution < 1.29 is 14.3 Å². The van der Waals surface area contributed by atoms with Gasteiger partial charge in [-0.05, 0) is 50.5 Å². The molecule has 1 fully saturated rings. The molecule has 1 aliphatic heterocycles. The highest BCUT2D eigenvalue weighted by Crippen LogP contribution is 2.15. The number of carbonyl (C=O) groups excluding carboxylic acids is 2. The molecule has 1 unspecified atom stereocenters. The SMILES string of the molecule is CCCC(C)(N)C(=O)Nc1ccc(C(=O)NC2CCOCC2)cc1. The minimum absolute atomic E-state index is 0.102. The third-order valence-corrected chi connectivity index (χ3v) is 4.25. The van der Waals surface area contributed by atoms with Crippen molar-refractivity contribution in [1.82, 2.24) is 5.32 Å². The lowest BCUT2D eigenvalue weighted by Gasteiger charge is -2.23. The molecule has 1 aromatic rings. The molecule has 24 heavy (non-hydrogen) atoms. The smallest absolute Gasteiger partial charge is 0.251 e. The van der Waals surface area contributed by atoms with E-state index >= 15 is 0 Å². The zero-order valence-corrected chi connectivity index (χ0v) is 14.4. The van der Waals surface area contributed by atoms with Crippen LogP contribution in [0.1, 0.15) is 49.9 Å². The van der Waals surface area contributed by atoms with Crippen LogP contribution in [-0.4, -0.2) is 36.6 Å². The first-order valence-electron chi connectivity index (χ1n) is 8.51. The first-order chi connectivity index (χ1) is 11.4. The van der Waals surface area contributed by atoms with Crippen LogP contribution in [0.25, 0.3) is 0 Å². The van der Waals surface area contributed by atoms with Gasteiger partial charge in [0.1, 0.15) is 0 Å². The monoisotopic (exact) mass is 333 g/mol. The summed E-state index contributed by atoms with van der Waals surface area (Å²) in [5, 5.41) is 5.81. The van der Waals surface area contributed by atoms with Gasteiger partial charge in [0, 0.05) is 30.5 Å². The van der Waals surface area contributed by atoms with Gasteiger partial charge in [-0.15, -0.1) is 0 Å². The molecule has 132 valence electrons. The highest BCUT2D eigenvalue weighted by Gasteiger charge is 2.27. The maximum Gasteiger partial charge on any atom is 0.251 e. The van der Waals surface area contributed by atoms with E-state index in [0.29, 0.717) is 30.9 Å². The van der Waals surface area contributed by atoms with Gasteiger partial charge in [-0.3, -0.25) is 9.59 Å². The summed E-state index contributed by atoms with van der Waals surface area (Å²) in [6, 6.07) is 7.02. The average Bonchev–Trinajstić information content (AvgIpc) is 2.56. The van der Waals surface area contributed by atoms with Gasteiger partial charge in [-0.2, -0.15) is 0 Å². The summed E-state index contributed by atoms with van der Waals surface area (Å²) in [5.41, 5.74) is 6.33. The number of amides is 2. The summed E-state index contributed by atoms with van der Waals surface area (Å²) in [4.78, 5) is 24.4. The van der Waals surface area contributed by atoms with Gasteiger partial charge in [0.15, 0.2) is 0 Å². The highest BCUT2D eigenvalue weighted by atomic mass is 16.5. The molecule has 6 nitrogen and oxygen atoms in total. The first kappa shape index (κ1) is 18.4. The molecule has 1 atom stereocenters. The van der Waals surface area contributed by atoms with E-state index in [4.69, 9.17) is 10.5 Å². The van der Waals surface area contributed by atoms with Crippen LogP contribution in [0.3, 0.4) is 0 Å². The average molecular weight is 333 g/mol. The lowest BCUT2D eigenvalue weighted by atomic mass is 9.96. The van der Waals surface area contributed by atoms with E-state index in [2.05, 4.69) is 10.6 Å². The van der Waals surface area contributed by atoms with Gasteiger partial charge in [-0.1, -0.05) is 13.3 Å². The van der Waals surface area contributed by atoms with Crippen LogP contribution in [-0.2, 0) is 9.53 Å². The standard InChI is InChI=1S/C18H27N3O3/c1-3-10-18(2,19)17(23)21-14-6-4-13(5-7-14)16(22)20-15-8-11-24-12-9-15/h4-7,15H,3,8-12,19H2,1-2H3,(H,20,22)(H,21,23). The molecule has 0 aliphatic carbocycles. The van der Waals surface area contributed by atoms with E-state index in [9.17, 15) is 9.59 Å². The number of hydrogen-bond donors (Lipinski definition) is 3. The summed E-state index contributed by atoms with van der Waals surface area (Å²) in [6.45, 7) is 5.09. The molecule has 0 radical (unpaired) electrons. The lowest BCUT2D eigenvalue weighted by molar-refractivity contribution is -0.120. The van der Waals surface area contributed by atoms with Crippen molar-refractivity contribution in [1.29, 1.82) is 0 Å². The first-order valence-corrected chi connectivity index (χ1v) is 8.51. The minimum atomic E-state index is -0.895. The van der Waals surface area contributed by atoms with Gasteiger partial charge in [0.05, 0.1) is 5.54 Å². The van der Waals surface area contributed by atoms with E-state index < -0.39 is 5.54 Å². The Bertz CT molecular complexity index is 563. The fraction of sp³-hybridized carbons (Fsp3) is 0.556. The molecule has 0 saturated carbocycles. The molecule has 0 bridgehead atoms. The van der Waals surface area contributed by atoms with Crippen LogP contribution in [0.5, 0.6) is 0 Å². The fourth-order valence-corrected chi connectivity index (χ4v) is 2.72. The Hall–Kier alpha value is -1.92. The number of nitrogens with one attached hydrogen (secondary N) is 2. The normalized spacial score (nSPS) is 17.8. The van der Waals surface area contributed by atoms with E-state index in [-0.39, 0.29) is 17.9 Å². The Morgan fingerprint density at radius 3 is 2.46 bits per heavy atom. The molecule has 2 rings (SSSR count). The molecule has 0 aromatic heterocycles. The molecule has 0 spiro atoms. The van der Waals surface area contributed by atoms with Crippen molar-refractivity contribution >= 4 is 17.5 Å². The number of benzene rings is 1. The molecular weight excluding hydrogens is 306 g/mol. The number of carbonyl (C=O) groups is 2. The molecular formula is C18H27N3O3. The Kier molecular flexibility index (Phi) is 6.34. The summed E-state index contributed by atoms with van der Waals surface area (Å²) in [6.07, 6.45) is 3.13. The highest BCUT2D eigenvalue weighted by molar-refractivity contribution is 5.98. The Balaban J connectivity index is 1.92. The van der Waals surface area contributed by atoms with Crippen LogP contribution in [0.15, 0.2) is 24.3 Å². The summed E-state index contributed by atoms with van der Waals surface area (Å²) < 4.78 is 5.28. The van der Waals surface area contributed by atoms with Crippen molar-refractivity contribution in [2.75, 3.05) is 18.5 Å². The van der Waals surface area contributed by atoms with Crippen molar-refractivity contribution in [2.24, 2.45) is 5.73 Å². The van der Waals surface area contributed by atoms with E-state index in [0.717, 1.165) is 19.3 Å². The van der Waals surface area contributed by atoms with Crippen LogP contribution in [0, 0.1) is 0 Å². The van der Waals surface area contributed by atoms with Gasteiger partial charge in [0.25, 0.3) is 5.91 Å². The number of rotatable bonds is 6. The zero-order valence-electron chi connectivity index (χ0n) is 14.4. The molecule has 1 aliphatic rings. The van der Waals surface area contributed by atoms with Crippen molar-refractivity contribution in [2.45, 2.75) is 51.1 Å². The maximum atomic E-state index is 12.2. The third kappa shape index (κ3) is 5.04. The lowest BCUT2D eigenvalue weighted by Crippen LogP contribution is -2.48. The molecule has 2 amide bonds. The number of hydrogen-bond acceptors (Lipinski definition) is 4. The van der Waals surface area contributed by atoms with E-state index in [1.165, 1.54) is 0 Å². The van der Waals surface area contributed by atoms with Gasteiger partial charge in [0.2, 0.25) is 5.91 Å². The van der Waals surface area contributed by atoms with E-state index in [1.807, 2.05) is 6.92 Å². The minimum Gasteiger partial charge on any atom is -0.381 e. The maximum absolute atomic E-state index is 12.2. The largest absolute Gasteiger partial charge is 0.381 e. The second-order valence-corrected chi connectivity index (χ2v) is 6.56. The third-order valence-electron chi connectivity index (χ3n) is 4.25. The van der Waals surface area contributed by atoms with Crippen molar-refractivity contribution in [3.8, 4) is 0 Å². The van der Waals surface area contributed by atoms with Crippen LogP contribution in [0.2, 0.25) is 0 Å². The molecule has 1 heterocycles. The number of nitrogens with two attached hydrogens (primary N) is 1. The predicted octanol–water partition coefficient (Wildman–Crippen LogP) is 2.05. The molecule has 1 saturated heterocycles. The molecule has 1 aromatic carbocycles. The second kappa shape index (κ2) is 8.26. The van der Waals surface area contributed by atoms with Crippen molar-refractivity contribution in [3.05, 3.63) is 29.8 Å². The second-order valence-electron chi connectivity index (χ2n) is 6.56. The Morgan fingerprint density at radius 1 is 1.25 bits per heavy atom. The quantitative estimate of drug-likeness (QED) is 0.743. The van der Waals surface area contributed by atoms with Crippen LogP contribution < -0.4 is 16.4 Å². The van der Waals surface area contributed by atoms with Crippen molar-refractivity contribution in [3.63, 3.8) is 0 Å². The van der Waals surface area contributed by atoms with Crippen LogP contribution in [0.4, 0.5) is 5.69 Å². The number of ether oxygens (including phenoxy) is 1. The predicted molar refractivity (Wildman–Crippen MR) is 93.9 cm³/mol. The molecule has 4 N–H and O–H groups in total. The van der Waals surface area contributed by atoms with E-state index in [1.54, 1.807) is 31.2 Å². The zero-order chi connectivity index (χ0) is 17.6. The summed E-state index contributed by atoms with van der Waals surface area (Å²) >= 11 is 0. The number of anilines is 1. The Labute approximate surface area is 143 Å². The Morgan fingerprint density at radius 2 is 1.88 bits per heavy atom. The van der Waals surface area contributed by atoms with Gasteiger partial charge < -0.3 is 21.1 Å². The fourth-order valence-electron chi connectivity index (χ4n) is 2.72. The summed E-state index contributed by atoms with van der Waals surface area (Å²) in [7, 11) is 0. The van der Waals surface area contributed by atoms with Gasteiger partial charge >= 0.3 is 0 Å². The van der Waals surface area contributed by atoms with Crippen LogP contribution >= 0.6 is 0 Å². The molecule has 6 heteroatoms. The summed E-state index contributed by atoms with van der Waals surface area (Å²) in [5.74, 6) is -0.321.